The van der Waals surface area contributed by atoms with Gasteiger partial charge in [-0.15, -0.1) is 0 Å². The van der Waals surface area contributed by atoms with Gasteiger partial charge >= 0.3 is 0 Å². The smallest absolute Gasteiger partial charge is 0.166 e. The van der Waals surface area contributed by atoms with Crippen LogP contribution < -0.4 is 9.47 Å². The summed E-state index contributed by atoms with van der Waals surface area (Å²) in [5.74, 6) is 1.27. The summed E-state index contributed by atoms with van der Waals surface area (Å²) in [4.78, 5) is 9.03. The molecule has 1 atom stereocenters. The summed E-state index contributed by atoms with van der Waals surface area (Å²) < 4.78 is 13.3. The molecule has 24 heavy (non-hydrogen) atoms. The Balaban J connectivity index is 2.31. The molecule has 0 aliphatic rings. The fourth-order valence-corrected chi connectivity index (χ4v) is 5.00. The van der Waals surface area contributed by atoms with Crippen molar-refractivity contribution in [1.82, 2.24) is 19.5 Å². The lowest BCUT2D eigenvalue weighted by Gasteiger charge is -2.13. The second kappa shape index (κ2) is 7.61. The van der Waals surface area contributed by atoms with Crippen LogP contribution in [-0.2, 0) is 0 Å². The van der Waals surface area contributed by atoms with E-state index in [9.17, 15) is 0 Å². The lowest BCUT2D eigenvalue weighted by atomic mass is 10.1. The van der Waals surface area contributed by atoms with Crippen molar-refractivity contribution in [2.45, 2.75) is 0 Å². The van der Waals surface area contributed by atoms with Crippen molar-refractivity contribution in [3.8, 4) is 22.9 Å². The molecule has 0 fully saturated rings. The van der Waals surface area contributed by atoms with Crippen molar-refractivity contribution in [3.05, 3.63) is 26.0 Å². The zero-order chi connectivity index (χ0) is 17.4. The van der Waals surface area contributed by atoms with Gasteiger partial charge in [0.15, 0.2) is 11.5 Å². The highest BCUT2D eigenvalue weighted by Crippen LogP contribution is 2.45. The van der Waals surface area contributed by atoms with Gasteiger partial charge in [0.2, 0.25) is 0 Å². The molecule has 0 amide bonds. The standard InChI is InChI=1S/C13H9Cl2I2N4O2P/c1-22-6-3-7(23-2)10(15)8(9(6)14)12-18-4-5-11(16)20-21(24-17)13(5)19-12/h3-4,24H,1-2H3. The number of aromatic nitrogens is 4. The molecule has 0 bridgehead atoms. The maximum atomic E-state index is 6.44. The monoisotopic (exact) mass is 608 g/mol. The van der Waals surface area contributed by atoms with Crippen molar-refractivity contribution in [2.75, 3.05) is 14.2 Å². The van der Waals surface area contributed by atoms with Crippen LogP contribution in [-0.4, -0.2) is 33.7 Å². The normalized spacial score (nSPS) is 11.6. The molecule has 3 aromatic rings. The quantitative estimate of drug-likeness (QED) is 0.301. The molecule has 6 nitrogen and oxygen atoms in total. The molecule has 0 N–H and O–H groups in total. The second-order valence-electron chi connectivity index (χ2n) is 4.50. The predicted octanol–water partition coefficient (Wildman–Crippen LogP) is 5.21. The van der Waals surface area contributed by atoms with Crippen molar-refractivity contribution < 1.29 is 9.47 Å². The zero-order valence-electron chi connectivity index (χ0n) is 12.3. The molecule has 11 heteroatoms. The number of rotatable bonds is 4. The Kier molecular flexibility index (Phi) is 5.90. The number of hydrogen-bond donors (Lipinski definition) is 0. The van der Waals surface area contributed by atoms with Crippen LogP contribution in [0, 0.1) is 3.70 Å². The van der Waals surface area contributed by atoms with Crippen LogP contribution in [0.4, 0.5) is 0 Å². The van der Waals surface area contributed by atoms with Crippen molar-refractivity contribution >= 4 is 85.2 Å². The number of nitrogens with zero attached hydrogens (tertiary/aromatic N) is 4. The Morgan fingerprint density at radius 1 is 1.17 bits per heavy atom. The summed E-state index contributed by atoms with van der Waals surface area (Å²) in [6.45, 7) is 0. The molecule has 1 aromatic carbocycles. The zero-order valence-corrected chi connectivity index (χ0v) is 19.1. The summed E-state index contributed by atoms with van der Waals surface area (Å²) in [7, 11) is 3.05. The Hall–Kier alpha value is -0.160. The molecule has 0 aliphatic heterocycles. The Bertz CT molecular complexity index is 910. The van der Waals surface area contributed by atoms with E-state index in [1.807, 2.05) is 4.45 Å². The minimum absolute atomic E-state index is 0.334. The van der Waals surface area contributed by atoms with E-state index in [0.29, 0.717) is 39.3 Å². The number of fused-ring (bicyclic) bond motifs is 1. The highest BCUT2D eigenvalue weighted by Gasteiger charge is 2.22. The molecule has 0 spiro atoms. The van der Waals surface area contributed by atoms with Crippen LogP contribution in [0.1, 0.15) is 0 Å². The molecule has 0 saturated carbocycles. The summed E-state index contributed by atoms with van der Waals surface area (Å²) in [6, 6.07) is 1.63. The van der Waals surface area contributed by atoms with Gasteiger partial charge in [-0.1, -0.05) is 23.2 Å². The van der Waals surface area contributed by atoms with Gasteiger partial charge < -0.3 is 9.47 Å². The third-order valence-electron chi connectivity index (χ3n) is 3.26. The van der Waals surface area contributed by atoms with E-state index >= 15 is 0 Å². The molecule has 0 saturated heterocycles. The molecule has 0 radical (unpaired) electrons. The lowest BCUT2D eigenvalue weighted by molar-refractivity contribution is 0.395. The summed E-state index contributed by atoms with van der Waals surface area (Å²) in [5, 5.41) is 5.99. The maximum Gasteiger partial charge on any atom is 0.166 e. The predicted molar refractivity (Wildman–Crippen MR) is 114 cm³/mol. The molecular weight excluding hydrogens is 600 g/mol. The summed E-state index contributed by atoms with van der Waals surface area (Å²) in [6.07, 6.45) is 2.13. The SMILES string of the molecule is COc1cc(OC)c(Cl)c(-c2ncc3c(I)nn(PI)c3n2)c1Cl. The van der Waals surface area contributed by atoms with E-state index in [2.05, 4.69) is 59.7 Å². The molecule has 0 aliphatic carbocycles. The fraction of sp³-hybridized carbons (Fsp3) is 0.154. The van der Waals surface area contributed by atoms with E-state index < -0.39 is 0 Å². The first kappa shape index (κ1) is 18.6. The van der Waals surface area contributed by atoms with Crippen LogP contribution in [0.3, 0.4) is 0 Å². The summed E-state index contributed by atoms with van der Waals surface area (Å²) in [5.41, 5.74) is 1.20. The van der Waals surface area contributed by atoms with Gasteiger partial charge in [0.25, 0.3) is 0 Å². The van der Waals surface area contributed by atoms with Crippen LogP contribution in [0.5, 0.6) is 11.5 Å². The van der Waals surface area contributed by atoms with Crippen LogP contribution in [0.25, 0.3) is 22.4 Å². The van der Waals surface area contributed by atoms with Crippen LogP contribution >= 0.6 is 74.2 Å². The van der Waals surface area contributed by atoms with Crippen molar-refractivity contribution in [3.63, 3.8) is 0 Å². The van der Waals surface area contributed by atoms with Gasteiger partial charge in [0.05, 0.1) is 41.6 Å². The highest BCUT2D eigenvalue weighted by atomic mass is 127. The lowest BCUT2D eigenvalue weighted by Crippen LogP contribution is -1.97. The number of ether oxygens (including phenoxy) is 2. The van der Waals surface area contributed by atoms with E-state index in [1.165, 1.54) is 14.2 Å². The van der Waals surface area contributed by atoms with Crippen molar-refractivity contribution in [1.29, 1.82) is 0 Å². The maximum absolute atomic E-state index is 6.44. The minimum atomic E-state index is 0.334. The molecule has 2 heterocycles. The van der Waals surface area contributed by atoms with Crippen LogP contribution in [0.15, 0.2) is 12.3 Å². The fourth-order valence-electron chi connectivity index (χ4n) is 2.13. The van der Waals surface area contributed by atoms with Gasteiger partial charge in [0.1, 0.15) is 15.2 Å². The van der Waals surface area contributed by atoms with E-state index in [4.69, 9.17) is 32.7 Å². The van der Waals surface area contributed by atoms with Gasteiger partial charge in [-0.25, -0.2) is 14.4 Å². The first-order valence-electron chi connectivity index (χ1n) is 6.40. The van der Waals surface area contributed by atoms with E-state index in [0.717, 1.165) is 14.7 Å². The Morgan fingerprint density at radius 3 is 2.33 bits per heavy atom. The number of methoxy groups -OCH3 is 2. The average Bonchev–Trinajstić information content (AvgIpc) is 2.91. The minimum Gasteiger partial charge on any atom is -0.495 e. The largest absolute Gasteiger partial charge is 0.495 e. The van der Waals surface area contributed by atoms with Gasteiger partial charge in [0, 0.05) is 12.3 Å². The number of halogens is 4. The highest BCUT2D eigenvalue weighted by molar-refractivity contribution is 14.2. The van der Waals surface area contributed by atoms with E-state index in [1.54, 1.807) is 12.3 Å². The first-order valence-corrected chi connectivity index (χ1v) is 12.3. The molecule has 3 rings (SSSR count). The van der Waals surface area contributed by atoms with Crippen LogP contribution in [0.2, 0.25) is 10.0 Å². The number of benzene rings is 1. The molecular formula is C13H9Cl2I2N4O2P. The number of hydrogen-bond acceptors (Lipinski definition) is 5. The third-order valence-corrected chi connectivity index (χ3v) is 6.65. The molecule has 1 unspecified atom stereocenters. The average molecular weight is 609 g/mol. The Labute approximate surface area is 176 Å². The first-order chi connectivity index (χ1) is 11.5. The molecule has 2 aromatic heterocycles. The van der Waals surface area contributed by atoms with Gasteiger partial charge in [-0.2, -0.15) is 5.10 Å². The van der Waals surface area contributed by atoms with Crippen molar-refractivity contribution in [2.24, 2.45) is 0 Å². The van der Waals surface area contributed by atoms with E-state index in [-0.39, 0.29) is 0 Å². The third kappa shape index (κ3) is 3.15. The molecule has 126 valence electrons. The summed E-state index contributed by atoms with van der Waals surface area (Å²) >= 11 is 17.3. The van der Waals surface area contributed by atoms with Gasteiger partial charge in [-0.3, -0.25) is 0 Å². The second-order valence-corrected chi connectivity index (χ2v) is 8.32. The van der Waals surface area contributed by atoms with Gasteiger partial charge in [-0.05, 0) is 44.6 Å². The Morgan fingerprint density at radius 2 is 1.79 bits per heavy atom. The topological polar surface area (TPSA) is 62.1 Å².